The highest BCUT2D eigenvalue weighted by Gasteiger charge is 2.21. The highest BCUT2D eigenvalue weighted by atomic mass is 35.5. The molecule has 0 aliphatic heterocycles. The number of halogens is 1. The van der Waals surface area contributed by atoms with Crippen LogP contribution in [0, 0.1) is 0 Å². The first kappa shape index (κ1) is 14.6. The van der Waals surface area contributed by atoms with E-state index in [1.807, 2.05) is 0 Å². The molecule has 0 heterocycles. The monoisotopic (exact) mass is 272 g/mol. The van der Waals surface area contributed by atoms with E-state index in [1.165, 1.54) is 14.2 Å². The van der Waals surface area contributed by atoms with Crippen molar-refractivity contribution >= 4 is 23.9 Å². The minimum Gasteiger partial charge on any atom is -0.478 e. The SMILES string of the molecule is COCc1cc(COC)c(C=O)c(C(=O)O)c1Cl. The Morgan fingerprint density at radius 1 is 1.33 bits per heavy atom. The van der Waals surface area contributed by atoms with E-state index in [0.717, 1.165) is 0 Å². The molecule has 0 unspecified atom stereocenters. The lowest BCUT2D eigenvalue weighted by molar-refractivity contribution is 0.0693. The lowest BCUT2D eigenvalue weighted by Gasteiger charge is -2.13. The smallest absolute Gasteiger partial charge is 0.337 e. The van der Waals surface area contributed by atoms with E-state index in [2.05, 4.69) is 0 Å². The Morgan fingerprint density at radius 3 is 2.33 bits per heavy atom. The van der Waals surface area contributed by atoms with E-state index in [0.29, 0.717) is 17.4 Å². The molecule has 6 heteroatoms. The van der Waals surface area contributed by atoms with Gasteiger partial charge in [0.2, 0.25) is 0 Å². The molecule has 1 rings (SSSR count). The summed E-state index contributed by atoms with van der Waals surface area (Å²) in [6.45, 7) is 0.289. The quantitative estimate of drug-likeness (QED) is 0.803. The zero-order chi connectivity index (χ0) is 13.7. The van der Waals surface area contributed by atoms with Crippen LogP contribution < -0.4 is 0 Å². The second kappa shape index (κ2) is 6.49. The zero-order valence-corrected chi connectivity index (χ0v) is 10.8. The number of aldehydes is 1. The average Bonchev–Trinajstić information content (AvgIpc) is 2.32. The topological polar surface area (TPSA) is 72.8 Å². The first-order valence-electron chi connectivity index (χ1n) is 5.07. The van der Waals surface area contributed by atoms with Crippen LogP contribution in [0.15, 0.2) is 6.07 Å². The number of rotatable bonds is 6. The Bertz CT molecular complexity index is 470. The zero-order valence-electron chi connectivity index (χ0n) is 10.0. The molecule has 0 bridgehead atoms. The van der Waals surface area contributed by atoms with Gasteiger partial charge in [0.25, 0.3) is 0 Å². The van der Waals surface area contributed by atoms with E-state index < -0.39 is 5.97 Å². The number of carbonyl (C=O) groups is 2. The molecule has 1 N–H and O–H groups in total. The lowest BCUT2D eigenvalue weighted by Crippen LogP contribution is -2.10. The predicted molar refractivity (Wildman–Crippen MR) is 65.2 cm³/mol. The predicted octanol–water partition coefficient (Wildman–Crippen LogP) is 2.14. The molecule has 18 heavy (non-hydrogen) atoms. The minimum absolute atomic E-state index is 0.0197. The summed E-state index contributed by atoms with van der Waals surface area (Å²) in [5.41, 5.74) is 0.804. The molecule has 0 amide bonds. The normalized spacial score (nSPS) is 10.4. The van der Waals surface area contributed by atoms with Crippen LogP contribution in [0.1, 0.15) is 31.8 Å². The molecule has 0 aromatic heterocycles. The molecule has 98 valence electrons. The third-order valence-electron chi connectivity index (χ3n) is 2.40. The first-order chi connectivity index (χ1) is 8.56. The summed E-state index contributed by atoms with van der Waals surface area (Å²) in [4.78, 5) is 22.2. The Kier molecular flexibility index (Phi) is 5.27. The van der Waals surface area contributed by atoms with Gasteiger partial charge in [0.15, 0.2) is 6.29 Å². The van der Waals surface area contributed by atoms with Gasteiger partial charge in [-0.25, -0.2) is 4.79 Å². The van der Waals surface area contributed by atoms with Crippen molar-refractivity contribution < 1.29 is 24.2 Å². The highest BCUT2D eigenvalue weighted by Crippen LogP contribution is 2.28. The number of ether oxygens (including phenoxy) is 2. The summed E-state index contributed by atoms with van der Waals surface area (Å²) >= 11 is 5.98. The standard InChI is InChI=1S/C12H13ClO5/c1-17-5-7-3-8(6-18-2)11(13)10(12(15)16)9(7)4-14/h3-4H,5-6H2,1-2H3,(H,15,16). The molecule has 0 saturated heterocycles. The number of hydrogen-bond donors (Lipinski definition) is 1. The van der Waals surface area contributed by atoms with Crippen molar-refractivity contribution in [3.8, 4) is 0 Å². The number of hydrogen-bond acceptors (Lipinski definition) is 4. The third-order valence-corrected chi connectivity index (χ3v) is 2.83. The third kappa shape index (κ3) is 2.87. The fraction of sp³-hybridized carbons (Fsp3) is 0.333. The van der Waals surface area contributed by atoms with Crippen LogP contribution in [-0.2, 0) is 22.7 Å². The van der Waals surface area contributed by atoms with E-state index in [1.54, 1.807) is 6.07 Å². The van der Waals surface area contributed by atoms with Gasteiger partial charge >= 0.3 is 5.97 Å². The summed E-state index contributed by atoms with van der Waals surface area (Å²) in [6.07, 6.45) is 0.472. The molecular formula is C12H13ClO5. The molecule has 0 fully saturated rings. The number of benzene rings is 1. The molecular weight excluding hydrogens is 260 g/mol. The fourth-order valence-corrected chi connectivity index (χ4v) is 1.96. The summed E-state index contributed by atoms with van der Waals surface area (Å²) < 4.78 is 9.89. The van der Waals surface area contributed by atoms with E-state index in [9.17, 15) is 9.59 Å². The Morgan fingerprint density at radius 2 is 1.89 bits per heavy atom. The molecule has 0 spiro atoms. The van der Waals surface area contributed by atoms with Crippen LogP contribution >= 0.6 is 11.6 Å². The molecule has 0 aliphatic carbocycles. The van der Waals surface area contributed by atoms with E-state index in [-0.39, 0.29) is 29.4 Å². The maximum Gasteiger partial charge on any atom is 0.337 e. The number of carboxylic acid groups (broad SMARTS) is 1. The lowest BCUT2D eigenvalue weighted by atomic mass is 9.98. The van der Waals surface area contributed by atoms with Gasteiger partial charge < -0.3 is 14.6 Å². The van der Waals surface area contributed by atoms with Gasteiger partial charge in [0, 0.05) is 19.8 Å². The average molecular weight is 273 g/mol. The summed E-state index contributed by atoms with van der Waals surface area (Å²) in [6, 6.07) is 1.62. The van der Waals surface area contributed by atoms with Crippen LogP contribution in [0.5, 0.6) is 0 Å². The van der Waals surface area contributed by atoms with Gasteiger partial charge in [-0.05, 0) is 17.2 Å². The molecule has 5 nitrogen and oxygen atoms in total. The number of aromatic carboxylic acids is 1. The Hall–Kier alpha value is -1.43. The molecule has 0 atom stereocenters. The van der Waals surface area contributed by atoms with Crippen molar-refractivity contribution in [2.24, 2.45) is 0 Å². The van der Waals surface area contributed by atoms with Crippen LogP contribution in [-0.4, -0.2) is 31.6 Å². The Labute approximate surface area is 109 Å². The summed E-state index contributed by atoms with van der Waals surface area (Å²) in [5.74, 6) is -1.25. The first-order valence-corrected chi connectivity index (χ1v) is 5.45. The van der Waals surface area contributed by atoms with Gasteiger partial charge in [-0.15, -0.1) is 0 Å². The minimum atomic E-state index is -1.25. The van der Waals surface area contributed by atoms with Crippen molar-refractivity contribution in [2.75, 3.05) is 14.2 Å². The van der Waals surface area contributed by atoms with Crippen LogP contribution in [0.2, 0.25) is 5.02 Å². The fourth-order valence-electron chi connectivity index (χ4n) is 1.67. The van der Waals surface area contributed by atoms with Gasteiger partial charge in [-0.3, -0.25) is 4.79 Å². The van der Waals surface area contributed by atoms with Gasteiger partial charge in [0.05, 0.1) is 23.8 Å². The molecule has 0 aliphatic rings. The molecule has 0 saturated carbocycles. The van der Waals surface area contributed by atoms with Gasteiger partial charge in [0.1, 0.15) is 0 Å². The second-order valence-electron chi connectivity index (χ2n) is 3.59. The molecule has 1 aromatic carbocycles. The van der Waals surface area contributed by atoms with E-state index >= 15 is 0 Å². The molecule has 1 aromatic rings. The van der Waals surface area contributed by atoms with Gasteiger partial charge in [-0.1, -0.05) is 11.6 Å². The van der Waals surface area contributed by atoms with Crippen molar-refractivity contribution in [2.45, 2.75) is 13.2 Å². The maximum absolute atomic E-state index is 11.2. The Balaban J connectivity index is 3.52. The van der Waals surface area contributed by atoms with Crippen molar-refractivity contribution in [3.63, 3.8) is 0 Å². The summed E-state index contributed by atoms with van der Waals surface area (Å²) in [5, 5.41) is 9.16. The van der Waals surface area contributed by atoms with Crippen molar-refractivity contribution in [1.29, 1.82) is 0 Å². The number of carbonyl (C=O) groups excluding carboxylic acids is 1. The second-order valence-corrected chi connectivity index (χ2v) is 3.96. The van der Waals surface area contributed by atoms with Crippen molar-refractivity contribution in [1.82, 2.24) is 0 Å². The van der Waals surface area contributed by atoms with E-state index in [4.69, 9.17) is 26.2 Å². The van der Waals surface area contributed by atoms with Crippen LogP contribution in [0.3, 0.4) is 0 Å². The largest absolute Gasteiger partial charge is 0.478 e. The summed E-state index contributed by atoms with van der Waals surface area (Å²) in [7, 11) is 2.93. The molecule has 0 radical (unpaired) electrons. The van der Waals surface area contributed by atoms with Crippen LogP contribution in [0.4, 0.5) is 0 Å². The maximum atomic E-state index is 11.2. The van der Waals surface area contributed by atoms with Crippen molar-refractivity contribution in [3.05, 3.63) is 33.3 Å². The number of methoxy groups -OCH3 is 2. The number of carboxylic acids is 1. The van der Waals surface area contributed by atoms with Gasteiger partial charge in [-0.2, -0.15) is 0 Å². The van der Waals surface area contributed by atoms with Crippen LogP contribution in [0.25, 0.3) is 0 Å². The highest BCUT2D eigenvalue weighted by molar-refractivity contribution is 6.35.